The Bertz CT molecular complexity index is 546. The van der Waals surface area contributed by atoms with E-state index in [9.17, 15) is 5.11 Å². The molecule has 1 aliphatic heterocycles. The van der Waals surface area contributed by atoms with Crippen molar-refractivity contribution in [1.82, 2.24) is 19.2 Å². The summed E-state index contributed by atoms with van der Waals surface area (Å²) in [7, 11) is 0. The van der Waals surface area contributed by atoms with Gasteiger partial charge in [-0.25, -0.2) is 4.68 Å². The molecule has 118 valence electrons. The van der Waals surface area contributed by atoms with E-state index in [2.05, 4.69) is 28.4 Å². The summed E-state index contributed by atoms with van der Waals surface area (Å²) in [5, 5.41) is 14.1. The number of aliphatic hydroxyl groups is 1. The van der Waals surface area contributed by atoms with Crippen molar-refractivity contribution in [3.8, 4) is 0 Å². The van der Waals surface area contributed by atoms with Crippen LogP contribution in [-0.4, -0.2) is 36.9 Å². The van der Waals surface area contributed by atoms with E-state index in [4.69, 9.17) is 12.2 Å². The van der Waals surface area contributed by atoms with Crippen molar-refractivity contribution in [2.24, 2.45) is 5.92 Å². The molecule has 1 unspecified atom stereocenters. The molecule has 1 saturated heterocycles. The van der Waals surface area contributed by atoms with Gasteiger partial charge in [0.1, 0.15) is 6.61 Å². The van der Waals surface area contributed by atoms with Crippen LogP contribution in [0.2, 0.25) is 0 Å². The lowest BCUT2D eigenvalue weighted by Gasteiger charge is -2.25. The first-order valence-corrected chi connectivity index (χ1v) is 8.54. The van der Waals surface area contributed by atoms with Crippen molar-refractivity contribution < 1.29 is 5.11 Å². The quantitative estimate of drug-likeness (QED) is 0.821. The van der Waals surface area contributed by atoms with Gasteiger partial charge < -0.3 is 5.11 Å². The van der Waals surface area contributed by atoms with Crippen molar-refractivity contribution in [3.05, 3.63) is 10.6 Å². The van der Waals surface area contributed by atoms with Gasteiger partial charge in [0, 0.05) is 18.6 Å². The highest BCUT2D eigenvalue weighted by Gasteiger charge is 2.30. The minimum absolute atomic E-state index is 0.0252. The van der Waals surface area contributed by atoms with Gasteiger partial charge in [0.2, 0.25) is 0 Å². The van der Waals surface area contributed by atoms with E-state index in [1.807, 2.05) is 4.68 Å². The van der Waals surface area contributed by atoms with Crippen LogP contribution in [0.15, 0.2) is 0 Å². The van der Waals surface area contributed by atoms with E-state index in [1.165, 1.54) is 19.3 Å². The van der Waals surface area contributed by atoms with E-state index in [0.29, 0.717) is 12.1 Å². The summed E-state index contributed by atoms with van der Waals surface area (Å²) in [4.78, 5) is 2.50. The van der Waals surface area contributed by atoms with E-state index in [1.54, 1.807) is 0 Å². The number of hydrogen-bond acceptors (Lipinski definition) is 4. The van der Waals surface area contributed by atoms with Crippen molar-refractivity contribution in [2.45, 2.75) is 71.3 Å². The molecule has 1 aromatic rings. The zero-order chi connectivity index (χ0) is 15.0. The molecular weight excluding hydrogens is 284 g/mol. The Balaban J connectivity index is 1.77. The van der Waals surface area contributed by atoms with Crippen molar-refractivity contribution >= 4 is 12.2 Å². The molecule has 5 nitrogen and oxygen atoms in total. The Morgan fingerprint density at radius 3 is 2.71 bits per heavy atom. The maximum Gasteiger partial charge on any atom is 0.199 e. The third-order valence-electron chi connectivity index (χ3n) is 4.55. The summed E-state index contributed by atoms with van der Waals surface area (Å²) in [6.45, 7) is 6.44. The number of rotatable bonds is 6. The fourth-order valence-corrected chi connectivity index (χ4v) is 3.78. The second-order valence-corrected chi connectivity index (χ2v) is 7.20. The highest BCUT2D eigenvalue weighted by atomic mass is 32.1. The lowest BCUT2D eigenvalue weighted by molar-refractivity contribution is 0.169. The summed E-state index contributed by atoms with van der Waals surface area (Å²) in [5.41, 5.74) is 0. The summed E-state index contributed by atoms with van der Waals surface area (Å²) in [6, 6.07) is 1.12. The molecule has 0 amide bonds. The Hall–Kier alpha value is -0.720. The van der Waals surface area contributed by atoms with E-state index >= 15 is 0 Å². The molecule has 1 aromatic heterocycles. The molecular formula is C15H26N4OS. The van der Waals surface area contributed by atoms with Gasteiger partial charge in [-0.2, -0.15) is 5.10 Å². The minimum atomic E-state index is -0.0252. The second kappa shape index (κ2) is 6.18. The first kappa shape index (κ1) is 15.2. The molecule has 3 rings (SSSR count). The second-order valence-electron chi connectivity index (χ2n) is 6.84. The normalized spacial score (nSPS) is 23.3. The lowest BCUT2D eigenvalue weighted by atomic mass is 10.0. The zero-order valence-electron chi connectivity index (χ0n) is 13.0. The number of likely N-dealkylation sites (tertiary alicyclic amines) is 1. The molecule has 2 fully saturated rings. The maximum atomic E-state index is 9.51. The van der Waals surface area contributed by atoms with Gasteiger partial charge in [0.05, 0.1) is 6.67 Å². The standard InChI is InChI=1S/C15H26N4OS/c1-11(2)8-13-4-3-7-17(13)10-18-15(21)19(12-5-6-12)14(9-20)16-18/h11-13,20H,3-10H2,1-2H3. The largest absolute Gasteiger partial charge is 0.388 e. The van der Waals surface area contributed by atoms with Gasteiger partial charge in [-0.05, 0) is 50.2 Å². The third kappa shape index (κ3) is 3.22. The van der Waals surface area contributed by atoms with Crippen molar-refractivity contribution in [2.75, 3.05) is 6.54 Å². The summed E-state index contributed by atoms with van der Waals surface area (Å²) in [5.74, 6) is 1.45. The van der Waals surface area contributed by atoms with Crippen molar-refractivity contribution in [3.63, 3.8) is 0 Å². The molecule has 1 aliphatic carbocycles. The highest BCUT2D eigenvalue weighted by molar-refractivity contribution is 7.71. The Morgan fingerprint density at radius 1 is 1.33 bits per heavy atom. The van der Waals surface area contributed by atoms with Gasteiger partial charge in [0.25, 0.3) is 0 Å². The predicted molar refractivity (Wildman–Crippen MR) is 84.4 cm³/mol. The summed E-state index contributed by atoms with van der Waals surface area (Å²) in [6.07, 6.45) is 6.10. The van der Waals surface area contributed by atoms with E-state index in [0.717, 1.165) is 42.6 Å². The van der Waals surface area contributed by atoms with Gasteiger partial charge >= 0.3 is 0 Å². The molecule has 0 spiro atoms. The summed E-state index contributed by atoms with van der Waals surface area (Å²) >= 11 is 5.58. The molecule has 0 bridgehead atoms. The number of aliphatic hydroxyl groups excluding tert-OH is 1. The average Bonchev–Trinajstić information content (AvgIpc) is 3.11. The molecule has 2 heterocycles. The predicted octanol–water partition coefficient (Wildman–Crippen LogP) is 2.71. The molecule has 1 saturated carbocycles. The first-order valence-electron chi connectivity index (χ1n) is 8.13. The van der Waals surface area contributed by atoms with Crippen LogP contribution in [-0.2, 0) is 13.3 Å². The molecule has 21 heavy (non-hydrogen) atoms. The molecule has 0 radical (unpaired) electrons. The van der Waals surface area contributed by atoms with Crippen LogP contribution in [0.1, 0.15) is 57.8 Å². The highest BCUT2D eigenvalue weighted by Crippen LogP contribution is 2.36. The fraction of sp³-hybridized carbons (Fsp3) is 0.867. The minimum Gasteiger partial charge on any atom is -0.388 e. The third-order valence-corrected chi connectivity index (χ3v) is 4.96. The van der Waals surface area contributed by atoms with Crippen LogP contribution in [0.5, 0.6) is 0 Å². The monoisotopic (exact) mass is 310 g/mol. The Labute approximate surface area is 131 Å². The maximum absolute atomic E-state index is 9.51. The molecule has 1 atom stereocenters. The summed E-state index contributed by atoms with van der Waals surface area (Å²) < 4.78 is 4.75. The van der Waals surface area contributed by atoms with Crippen LogP contribution in [0.25, 0.3) is 0 Å². The fourth-order valence-electron chi connectivity index (χ4n) is 3.43. The number of nitrogens with zero attached hydrogens (tertiary/aromatic N) is 4. The molecule has 0 aromatic carbocycles. The average molecular weight is 310 g/mol. The molecule has 2 aliphatic rings. The molecule has 6 heteroatoms. The molecule has 1 N–H and O–H groups in total. The first-order chi connectivity index (χ1) is 10.1. The van der Waals surface area contributed by atoms with Gasteiger partial charge in [-0.15, -0.1) is 0 Å². The van der Waals surface area contributed by atoms with Crippen LogP contribution in [0.4, 0.5) is 0 Å². The van der Waals surface area contributed by atoms with E-state index < -0.39 is 0 Å². The van der Waals surface area contributed by atoms with Crippen molar-refractivity contribution in [1.29, 1.82) is 0 Å². The topological polar surface area (TPSA) is 46.2 Å². The lowest BCUT2D eigenvalue weighted by Crippen LogP contribution is -2.33. The Morgan fingerprint density at radius 2 is 2.10 bits per heavy atom. The SMILES string of the molecule is CC(C)CC1CCCN1Cn1nc(CO)n(C2CC2)c1=S. The van der Waals surface area contributed by atoms with E-state index in [-0.39, 0.29) is 6.61 Å². The Kier molecular flexibility index (Phi) is 4.47. The van der Waals surface area contributed by atoms with Crippen LogP contribution >= 0.6 is 12.2 Å². The van der Waals surface area contributed by atoms with Gasteiger partial charge in [-0.3, -0.25) is 9.47 Å². The van der Waals surface area contributed by atoms with Gasteiger partial charge in [0.15, 0.2) is 10.6 Å². The smallest absolute Gasteiger partial charge is 0.199 e. The number of aromatic nitrogens is 3. The zero-order valence-corrected chi connectivity index (χ0v) is 13.8. The van der Waals surface area contributed by atoms with Crippen LogP contribution in [0, 0.1) is 10.7 Å². The van der Waals surface area contributed by atoms with Crippen LogP contribution in [0.3, 0.4) is 0 Å². The number of hydrogen-bond donors (Lipinski definition) is 1. The van der Waals surface area contributed by atoms with Gasteiger partial charge in [-0.1, -0.05) is 13.8 Å². The van der Waals surface area contributed by atoms with Crippen LogP contribution < -0.4 is 0 Å².